The van der Waals surface area contributed by atoms with Crippen LogP contribution in [-0.4, -0.2) is 14.8 Å². The Morgan fingerprint density at radius 1 is 1.05 bits per heavy atom. The summed E-state index contributed by atoms with van der Waals surface area (Å²) in [5.74, 6) is 0.523. The number of benzene rings is 1. The van der Waals surface area contributed by atoms with Crippen LogP contribution >= 0.6 is 0 Å². The first-order valence-electron chi connectivity index (χ1n) is 6.54. The van der Waals surface area contributed by atoms with Crippen molar-refractivity contribution in [1.29, 1.82) is 0 Å². The third kappa shape index (κ3) is 2.01. The maximum absolute atomic E-state index is 4.65. The van der Waals surface area contributed by atoms with Gasteiger partial charge in [0.1, 0.15) is 5.69 Å². The molecule has 19 heavy (non-hydrogen) atoms. The average Bonchev–Trinajstić information content (AvgIpc) is 2.77. The predicted octanol–water partition coefficient (Wildman–Crippen LogP) is 3.76. The quantitative estimate of drug-likeness (QED) is 0.694. The van der Waals surface area contributed by atoms with Crippen LogP contribution in [0, 0.1) is 0 Å². The van der Waals surface area contributed by atoms with Crippen LogP contribution in [0.2, 0.25) is 0 Å². The Morgan fingerprint density at radius 2 is 1.79 bits per heavy atom. The van der Waals surface area contributed by atoms with Crippen molar-refractivity contribution in [1.82, 2.24) is 14.8 Å². The summed E-state index contributed by atoms with van der Waals surface area (Å²) in [6.07, 6.45) is 3.62. The smallest absolute Gasteiger partial charge is 0.100 e. The summed E-state index contributed by atoms with van der Waals surface area (Å²) in [6.45, 7) is 4.42. The standard InChI is InChI=1S/C16H17N3/c1-11(2)13-4-5-15-14(10-13)16(18-19(15)3)12-6-8-17-9-7-12/h4-11H,1-3H3. The molecule has 0 bridgehead atoms. The van der Waals surface area contributed by atoms with E-state index in [1.54, 1.807) is 0 Å². The molecular formula is C16H17N3. The van der Waals surface area contributed by atoms with E-state index in [1.807, 2.05) is 36.3 Å². The Labute approximate surface area is 112 Å². The number of aryl methyl sites for hydroxylation is 1. The first-order chi connectivity index (χ1) is 9.16. The molecule has 0 aliphatic rings. The van der Waals surface area contributed by atoms with Crippen molar-refractivity contribution in [3.63, 3.8) is 0 Å². The van der Waals surface area contributed by atoms with Crippen molar-refractivity contribution < 1.29 is 0 Å². The molecule has 0 unspecified atom stereocenters. The Kier molecular flexibility index (Phi) is 2.82. The fourth-order valence-corrected chi connectivity index (χ4v) is 2.37. The summed E-state index contributed by atoms with van der Waals surface area (Å²) in [5, 5.41) is 5.86. The Morgan fingerprint density at radius 3 is 2.47 bits per heavy atom. The van der Waals surface area contributed by atoms with Gasteiger partial charge in [-0.1, -0.05) is 19.9 Å². The molecule has 0 radical (unpaired) electrons. The minimum Gasteiger partial charge on any atom is -0.267 e. The van der Waals surface area contributed by atoms with E-state index in [4.69, 9.17) is 0 Å². The molecule has 0 saturated heterocycles. The van der Waals surface area contributed by atoms with Crippen LogP contribution in [0.4, 0.5) is 0 Å². The van der Waals surface area contributed by atoms with Crippen molar-refractivity contribution in [2.75, 3.05) is 0 Å². The lowest BCUT2D eigenvalue weighted by molar-refractivity contribution is 0.800. The Bertz CT molecular complexity index is 711. The average molecular weight is 251 g/mol. The molecule has 0 fully saturated rings. The van der Waals surface area contributed by atoms with Crippen molar-refractivity contribution in [3.05, 3.63) is 48.3 Å². The molecule has 0 aliphatic heterocycles. The second kappa shape index (κ2) is 4.50. The van der Waals surface area contributed by atoms with Gasteiger partial charge in [0.05, 0.1) is 5.52 Å². The monoisotopic (exact) mass is 251 g/mol. The van der Waals surface area contributed by atoms with Crippen molar-refractivity contribution >= 4 is 10.9 Å². The van der Waals surface area contributed by atoms with Crippen LogP contribution in [0.3, 0.4) is 0 Å². The SMILES string of the molecule is CC(C)c1ccc2c(c1)c(-c1ccncc1)nn2C. The Hall–Kier alpha value is -2.16. The zero-order chi connectivity index (χ0) is 13.4. The van der Waals surface area contributed by atoms with Crippen LogP contribution in [0.25, 0.3) is 22.2 Å². The topological polar surface area (TPSA) is 30.7 Å². The van der Waals surface area contributed by atoms with Gasteiger partial charge in [-0.05, 0) is 35.7 Å². The number of fused-ring (bicyclic) bond motifs is 1. The van der Waals surface area contributed by atoms with Gasteiger partial charge >= 0.3 is 0 Å². The molecule has 0 spiro atoms. The van der Waals surface area contributed by atoms with E-state index in [0.29, 0.717) is 5.92 Å². The van der Waals surface area contributed by atoms with E-state index in [2.05, 4.69) is 42.1 Å². The predicted molar refractivity (Wildman–Crippen MR) is 78.0 cm³/mol. The molecule has 1 aromatic carbocycles. The molecule has 0 saturated carbocycles. The van der Waals surface area contributed by atoms with Crippen LogP contribution in [0.15, 0.2) is 42.7 Å². The van der Waals surface area contributed by atoms with Gasteiger partial charge in [0.25, 0.3) is 0 Å². The summed E-state index contributed by atoms with van der Waals surface area (Å²) in [6, 6.07) is 10.6. The van der Waals surface area contributed by atoms with Gasteiger partial charge in [-0.15, -0.1) is 0 Å². The second-order valence-electron chi connectivity index (χ2n) is 5.14. The molecule has 2 aromatic heterocycles. The number of pyridine rings is 1. The van der Waals surface area contributed by atoms with Gasteiger partial charge in [0.2, 0.25) is 0 Å². The molecule has 0 N–H and O–H groups in total. The normalized spacial score (nSPS) is 11.4. The lowest BCUT2D eigenvalue weighted by Gasteiger charge is -2.05. The summed E-state index contributed by atoms with van der Waals surface area (Å²) < 4.78 is 1.94. The number of rotatable bonds is 2. The molecule has 3 nitrogen and oxygen atoms in total. The minimum atomic E-state index is 0.523. The molecule has 3 rings (SSSR count). The highest BCUT2D eigenvalue weighted by molar-refractivity contribution is 5.93. The van der Waals surface area contributed by atoms with Gasteiger partial charge in [-0.2, -0.15) is 5.10 Å². The van der Waals surface area contributed by atoms with Crippen molar-refractivity contribution in [3.8, 4) is 11.3 Å². The number of nitrogens with zero attached hydrogens (tertiary/aromatic N) is 3. The van der Waals surface area contributed by atoms with E-state index in [-0.39, 0.29) is 0 Å². The van der Waals surface area contributed by atoms with Crippen molar-refractivity contribution in [2.24, 2.45) is 7.05 Å². The van der Waals surface area contributed by atoms with Gasteiger partial charge in [0, 0.05) is 30.4 Å². The van der Waals surface area contributed by atoms with Crippen LogP contribution < -0.4 is 0 Å². The number of aromatic nitrogens is 3. The summed E-state index contributed by atoms with van der Waals surface area (Å²) in [4.78, 5) is 4.07. The van der Waals surface area contributed by atoms with Crippen LogP contribution in [-0.2, 0) is 7.05 Å². The van der Waals surface area contributed by atoms with Gasteiger partial charge < -0.3 is 0 Å². The molecule has 0 aliphatic carbocycles. The third-order valence-corrected chi connectivity index (χ3v) is 3.49. The maximum Gasteiger partial charge on any atom is 0.100 e. The third-order valence-electron chi connectivity index (χ3n) is 3.49. The molecule has 96 valence electrons. The zero-order valence-electron chi connectivity index (χ0n) is 11.5. The maximum atomic E-state index is 4.65. The fourth-order valence-electron chi connectivity index (χ4n) is 2.37. The minimum absolute atomic E-state index is 0.523. The highest BCUT2D eigenvalue weighted by atomic mass is 15.3. The highest BCUT2D eigenvalue weighted by Crippen LogP contribution is 2.29. The molecule has 0 atom stereocenters. The van der Waals surface area contributed by atoms with Crippen LogP contribution in [0.1, 0.15) is 25.3 Å². The first kappa shape index (κ1) is 11.9. The summed E-state index contributed by atoms with van der Waals surface area (Å²) in [5.41, 5.74) is 4.65. The van der Waals surface area contributed by atoms with E-state index in [9.17, 15) is 0 Å². The lowest BCUT2D eigenvalue weighted by atomic mass is 10.00. The van der Waals surface area contributed by atoms with E-state index >= 15 is 0 Å². The fraction of sp³-hybridized carbons (Fsp3) is 0.250. The molecular weight excluding hydrogens is 234 g/mol. The second-order valence-corrected chi connectivity index (χ2v) is 5.14. The van der Waals surface area contributed by atoms with E-state index in [0.717, 1.165) is 16.8 Å². The van der Waals surface area contributed by atoms with Gasteiger partial charge in [0.15, 0.2) is 0 Å². The molecule has 3 heteroatoms. The Balaban J connectivity index is 2.27. The number of hydrogen-bond acceptors (Lipinski definition) is 2. The molecule has 2 heterocycles. The lowest BCUT2D eigenvalue weighted by Crippen LogP contribution is -1.90. The van der Waals surface area contributed by atoms with Gasteiger partial charge in [-0.25, -0.2) is 0 Å². The largest absolute Gasteiger partial charge is 0.267 e. The van der Waals surface area contributed by atoms with Gasteiger partial charge in [-0.3, -0.25) is 9.67 Å². The summed E-state index contributed by atoms with van der Waals surface area (Å²) >= 11 is 0. The summed E-state index contributed by atoms with van der Waals surface area (Å²) in [7, 11) is 1.99. The van der Waals surface area contributed by atoms with E-state index in [1.165, 1.54) is 10.9 Å². The zero-order valence-corrected chi connectivity index (χ0v) is 11.5. The van der Waals surface area contributed by atoms with Crippen molar-refractivity contribution in [2.45, 2.75) is 19.8 Å². The van der Waals surface area contributed by atoms with Crippen LogP contribution in [0.5, 0.6) is 0 Å². The first-order valence-corrected chi connectivity index (χ1v) is 6.54. The number of hydrogen-bond donors (Lipinski definition) is 0. The molecule has 3 aromatic rings. The highest BCUT2D eigenvalue weighted by Gasteiger charge is 2.11. The van der Waals surface area contributed by atoms with E-state index < -0.39 is 0 Å². The molecule has 0 amide bonds.